The third kappa shape index (κ3) is 4.36. The van der Waals surface area contributed by atoms with Crippen molar-refractivity contribution < 1.29 is 4.79 Å². The van der Waals surface area contributed by atoms with E-state index in [-0.39, 0.29) is 11.8 Å². The van der Waals surface area contributed by atoms with Crippen molar-refractivity contribution in [2.75, 3.05) is 18.4 Å². The first-order valence-electron chi connectivity index (χ1n) is 8.07. The summed E-state index contributed by atoms with van der Waals surface area (Å²) in [7, 11) is 0. The Kier molecular flexibility index (Phi) is 4.98. The molecule has 1 saturated heterocycles. The first-order valence-corrected chi connectivity index (χ1v) is 8.07. The molecule has 120 valence electrons. The molecule has 3 rings (SSSR count). The molecule has 2 aromatic heterocycles. The van der Waals surface area contributed by atoms with Crippen molar-refractivity contribution >= 4 is 11.7 Å². The van der Waals surface area contributed by atoms with Crippen molar-refractivity contribution in [1.82, 2.24) is 14.9 Å². The highest BCUT2D eigenvalue weighted by Crippen LogP contribution is 2.19. The normalized spacial score (nSPS) is 18.6. The maximum absolute atomic E-state index is 12.5. The molecule has 2 aromatic rings. The fourth-order valence-electron chi connectivity index (χ4n) is 2.97. The number of likely N-dealkylation sites (tertiary alicyclic amines) is 1. The van der Waals surface area contributed by atoms with E-state index in [1.54, 1.807) is 0 Å². The highest BCUT2D eigenvalue weighted by atomic mass is 16.2. The van der Waals surface area contributed by atoms with Crippen LogP contribution in [0.5, 0.6) is 0 Å². The van der Waals surface area contributed by atoms with Gasteiger partial charge in [-0.25, -0.2) is 4.98 Å². The van der Waals surface area contributed by atoms with E-state index in [0.29, 0.717) is 5.82 Å². The maximum Gasteiger partial charge on any atom is 0.229 e. The number of pyridine rings is 2. The smallest absolute Gasteiger partial charge is 0.229 e. The molecule has 23 heavy (non-hydrogen) atoms. The quantitative estimate of drug-likeness (QED) is 0.943. The summed E-state index contributed by atoms with van der Waals surface area (Å²) in [5.74, 6) is 0.709. The Morgan fingerprint density at radius 3 is 3.00 bits per heavy atom. The number of amides is 1. The second-order valence-corrected chi connectivity index (χ2v) is 6.05. The number of aromatic nitrogens is 2. The predicted octanol–water partition coefficient (Wildman–Crippen LogP) is 2.64. The molecule has 1 N–H and O–H groups in total. The Balaban J connectivity index is 1.58. The molecule has 1 unspecified atom stereocenters. The molecule has 0 bridgehead atoms. The lowest BCUT2D eigenvalue weighted by atomic mass is 9.97. The molecular formula is C18H22N4O. The van der Waals surface area contributed by atoms with Crippen LogP contribution < -0.4 is 5.32 Å². The Bertz CT molecular complexity index is 659. The van der Waals surface area contributed by atoms with Gasteiger partial charge in [0, 0.05) is 25.0 Å². The van der Waals surface area contributed by atoms with E-state index >= 15 is 0 Å². The van der Waals surface area contributed by atoms with Crippen molar-refractivity contribution in [3.05, 3.63) is 54.0 Å². The monoisotopic (exact) mass is 310 g/mol. The molecule has 0 spiro atoms. The number of rotatable bonds is 4. The zero-order chi connectivity index (χ0) is 16.1. The van der Waals surface area contributed by atoms with Gasteiger partial charge in [-0.3, -0.25) is 14.7 Å². The van der Waals surface area contributed by atoms with Gasteiger partial charge < -0.3 is 5.32 Å². The molecule has 1 aliphatic rings. The minimum atomic E-state index is 0.00905. The van der Waals surface area contributed by atoms with Gasteiger partial charge >= 0.3 is 0 Å². The van der Waals surface area contributed by atoms with E-state index < -0.39 is 0 Å². The third-order valence-electron chi connectivity index (χ3n) is 4.13. The highest BCUT2D eigenvalue weighted by Gasteiger charge is 2.26. The summed E-state index contributed by atoms with van der Waals surface area (Å²) in [6.45, 7) is 4.51. The van der Waals surface area contributed by atoms with Crippen LogP contribution in [0.15, 0.2) is 42.6 Å². The lowest BCUT2D eigenvalue weighted by Crippen LogP contribution is -2.40. The zero-order valence-electron chi connectivity index (χ0n) is 13.4. The summed E-state index contributed by atoms with van der Waals surface area (Å²) in [6.07, 6.45) is 3.77. The number of carbonyl (C=O) groups is 1. The molecule has 0 aliphatic carbocycles. The van der Waals surface area contributed by atoms with E-state index in [4.69, 9.17) is 0 Å². The molecule has 0 saturated carbocycles. The molecule has 1 amide bonds. The van der Waals surface area contributed by atoms with Crippen LogP contribution in [0.25, 0.3) is 0 Å². The van der Waals surface area contributed by atoms with Crippen LogP contribution in [0.2, 0.25) is 0 Å². The Morgan fingerprint density at radius 2 is 2.22 bits per heavy atom. The lowest BCUT2D eigenvalue weighted by molar-refractivity contribution is -0.121. The lowest BCUT2D eigenvalue weighted by Gasteiger charge is -2.31. The molecule has 0 radical (unpaired) electrons. The van der Waals surface area contributed by atoms with E-state index in [9.17, 15) is 4.79 Å². The molecule has 1 fully saturated rings. The second-order valence-electron chi connectivity index (χ2n) is 6.05. The molecule has 3 heterocycles. The van der Waals surface area contributed by atoms with Gasteiger partial charge in [-0.05, 0) is 50.6 Å². The highest BCUT2D eigenvalue weighted by molar-refractivity contribution is 5.91. The van der Waals surface area contributed by atoms with Gasteiger partial charge in [0.25, 0.3) is 0 Å². The maximum atomic E-state index is 12.5. The Hall–Kier alpha value is -2.27. The summed E-state index contributed by atoms with van der Waals surface area (Å²) in [5, 5.41) is 2.94. The van der Waals surface area contributed by atoms with Gasteiger partial charge in [0.05, 0.1) is 11.6 Å². The number of hydrogen-bond acceptors (Lipinski definition) is 4. The average molecular weight is 310 g/mol. The summed E-state index contributed by atoms with van der Waals surface area (Å²) < 4.78 is 0. The number of hydrogen-bond donors (Lipinski definition) is 1. The van der Waals surface area contributed by atoms with Crippen molar-refractivity contribution in [3.8, 4) is 0 Å². The van der Waals surface area contributed by atoms with E-state index in [1.165, 1.54) is 0 Å². The van der Waals surface area contributed by atoms with Crippen LogP contribution in [0.3, 0.4) is 0 Å². The standard InChI is InChI=1S/C18H22N4O/c1-14-6-4-9-17(20-14)21-18(23)15-7-5-11-22(12-15)13-16-8-2-3-10-19-16/h2-4,6,8-10,15H,5,7,11-13H2,1H3,(H,20,21,23). The molecular weight excluding hydrogens is 288 g/mol. The van der Waals surface area contributed by atoms with Crippen LogP contribution in [0.1, 0.15) is 24.2 Å². The second kappa shape index (κ2) is 7.33. The Labute approximate surface area is 136 Å². The molecule has 1 aliphatic heterocycles. The van der Waals surface area contributed by atoms with Gasteiger partial charge in [0.2, 0.25) is 5.91 Å². The van der Waals surface area contributed by atoms with Gasteiger partial charge in [-0.2, -0.15) is 0 Å². The number of nitrogens with zero attached hydrogens (tertiary/aromatic N) is 3. The first kappa shape index (κ1) is 15.6. The topological polar surface area (TPSA) is 58.1 Å². The number of piperidine rings is 1. The fraction of sp³-hybridized carbons (Fsp3) is 0.389. The largest absolute Gasteiger partial charge is 0.310 e. The van der Waals surface area contributed by atoms with Crippen LogP contribution in [-0.4, -0.2) is 33.9 Å². The summed E-state index contributed by atoms with van der Waals surface area (Å²) in [5.41, 5.74) is 1.96. The van der Waals surface area contributed by atoms with Crippen LogP contribution in [0.4, 0.5) is 5.82 Å². The van der Waals surface area contributed by atoms with Crippen LogP contribution in [-0.2, 0) is 11.3 Å². The third-order valence-corrected chi connectivity index (χ3v) is 4.13. The van der Waals surface area contributed by atoms with Crippen molar-refractivity contribution in [2.24, 2.45) is 5.92 Å². The zero-order valence-corrected chi connectivity index (χ0v) is 13.4. The number of carbonyl (C=O) groups excluding carboxylic acids is 1. The Morgan fingerprint density at radius 1 is 1.30 bits per heavy atom. The summed E-state index contributed by atoms with van der Waals surface area (Å²) in [4.78, 5) is 23.5. The first-order chi connectivity index (χ1) is 11.2. The average Bonchev–Trinajstić information content (AvgIpc) is 2.56. The molecule has 0 aromatic carbocycles. The predicted molar refractivity (Wildman–Crippen MR) is 89.8 cm³/mol. The van der Waals surface area contributed by atoms with Gasteiger partial charge in [-0.1, -0.05) is 12.1 Å². The van der Waals surface area contributed by atoms with Crippen molar-refractivity contribution in [1.29, 1.82) is 0 Å². The minimum Gasteiger partial charge on any atom is -0.310 e. The van der Waals surface area contributed by atoms with Crippen LogP contribution >= 0.6 is 0 Å². The molecule has 5 nitrogen and oxygen atoms in total. The van der Waals surface area contributed by atoms with Crippen LogP contribution in [0, 0.1) is 12.8 Å². The van der Waals surface area contributed by atoms with Gasteiger partial charge in [0.1, 0.15) is 5.82 Å². The molecule has 5 heteroatoms. The van der Waals surface area contributed by atoms with E-state index in [2.05, 4.69) is 20.2 Å². The summed E-state index contributed by atoms with van der Waals surface area (Å²) >= 11 is 0. The van der Waals surface area contributed by atoms with E-state index in [1.807, 2.05) is 49.5 Å². The number of anilines is 1. The van der Waals surface area contributed by atoms with E-state index in [0.717, 1.165) is 43.9 Å². The minimum absolute atomic E-state index is 0.00905. The van der Waals surface area contributed by atoms with Gasteiger partial charge in [-0.15, -0.1) is 0 Å². The number of nitrogens with one attached hydrogen (secondary N) is 1. The van der Waals surface area contributed by atoms with Gasteiger partial charge in [0.15, 0.2) is 0 Å². The SMILES string of the molecule is Cc1cccc(NC(=O)C2CCCN(Cc3ccccn3)C2)n1. The summed E-state index contributed by atoms with van der Waals surface area (Å²) in [6, 6.07) is 11.6. The number of aryl methyl sites for hydroxylation is 1. The molecule has 1 atom stereocenters. The van der Waals surface area contributed by atoms with Crippen molar-refractivity contribution in [3.63, 3.8) is 0 Å². The van der Waals surface area contributed by atoms with Crippen molar-refractivity contribution in [2.45, 2.75) is 26.3 Å². The fourth-order valence-corrected chi connectivity index (χ4v) is 2.97.